The predicted molar refractivity (Wildman–Crippen MR) is 95.3 cm³/mol. The summed E-state index contributed by atoms with van der Waals surface area (Å²) in [5, 5.41) is 0. The highest BCUT2D eigenvalue weighted by atomic mass is 16.5. The molecule has 0 saturated carbocycles. The second-order valence-corrected chi connectivity index (χ2v) is 5.92. The molecule has 0 N–H and O–H groups in total. The largest absolute Gasteiger partial charge is 0.462 e. The van der Waals surface area contributed by atoms with Crippen LogP contribution < -0.4 is 4.74 Å². The van der Waals surface area contributed by atoms with Gasteiger partial charge in [0.1, 0.15) is 5.75 Å². The molecule has 1 heteroatoms. The van der Waals surface area contributed by atoms with E-state index in [0.717, 1.165) is 23.5 Å². The van der Waals surface area contributed by atoms with Crippen LogP contribution in [0.25, 0.3) is 11.1 Å². The second-order valence-electron chi connectivity index (χ2n) is 5.92. The summed E-state index contributed by atoms with van der Waals surface area (Å²) in [4.78, 5) is 0. The minimum atomic E-state index is 0.733. The van der Waals surface area contributed by atoms with Crippen molar-refractivity contribution < 1.29 is 4.74 Å². The Morgan fingerprint density at radius 1 is 1.05 bits per heavy atom. The van der Waals surface area contributed by atoms with Crippen LogP contribution in [-0.2, 0) is 6.42 Å². The van der Waals surface area contributed by atoms with Crippen LogP contribution in [0.15, 0.2) is 54.8 Å². The molecule has 0 fully saturated rings. The van der Waals surface area contributed by atoms with Crippen molar-refractivity contribution in [1.29, 1.82) is 0 Å². The molecule has 0 saturated heterocycles. The average Bonchev–Trinajstić information content (AvgIpc) is 2.49. The molecule has 0 aliphatic carbocycles. The van der Waals surface area contributed by atoms with Crippen molar-refractivity contribution in [2.45, 2.75) is 46.5 Å². The number of benzene rings is 2. The van der Waals surface area contributed by atoms with Crippen LogP contribution in [0, 0.1) is 6.92 Å². The van der Waals surface area contributed by atoms with Crippen LogP contribution >= 0.6 is 0 Å². The van der Waals surface area contributed by atoms with Crippen LogP contribution in [0.4, 0.5) is 0 Å². The lowest BCUT2D eigenvalue weighted by molar-refractivity contribution is 0.426. The minimum Gasteiger partial charge on any atom is -0.462 e. The van der Waals surface area contributed by atoms with Gasteiger partial charge in [-0.1, -0.05) is 74.4 Å². The summed E-state index contributed by atoms with van der Waals surface area (Å²) in [5.74, 6) is 1.70. The van der Waals surface area contributed by atoms with Crippen molar-refractivity contribution in [1.82, 2.24) is 0 Å². The Kier molecular flexibility index (Phi) is 5.83. The van der Waals surface area contributed by atoms with Gasteiger partial charge < -0.3 is 4.74 Å². The van der Waals surface area contributed by atoms with Crippen LogP contribution in [0.2, 0.25) is 0 Å². The van der Waals surface area contributed by atoms with Crippen molar-refractivity contribution in [3.63, 3.8) is 0 Å². The molecule has 22 heavy (non-hydrogen) atoms. The molecule has 2 aromatic rings. The fraction of sp³-hybridized carbons (Fsp3) is 0.333. The molecule has 1 nitrogen and oxygen atoms in total. The molecule has 116 valence electrons. The number of unbranched alkanes of at least 4 members (excludes halogenated alkanes) is 2. The van der Waals surface area contributed by atoms with E-state index in [4.69, 9.17) is 4.74 Å². The topological polar surface area (TPSA) is 9.23 Å². The molecule has 2 aromatic carbocycles. The molecule has 2 rings (SSSR count). The normalized spacial score (nSPS) is 10.5. The third kappa shape index (κ3) is 4.24. The van der Waals surface area contributed by atoms with Crippen molar-refractivity contribution in [3.05, 3.63) is 65.9 Å². The summed E-state index contributed by atoms with van der Waals surface area (Å²) < 4.78 is 6.00. The van der Waals surface area contributed by atoms with Crippen LogP contribution in [0.1, 0.15) is 44.2 Å². The summed E-state index contributed by atoms with van der Waals surface area (Å²) in [6, 6.07) is 15.0. The molecule has 0 unspecified atom stereocenters. The molecule has 0 aliphatic heterocycles. The van der Waals surface area contributed by atoms with E-state index < -0.39 is 0 Å². The standard InChI is InChI=1S/C21H26O/c1-5-6-7-9-19-10-8-11-20(21(19)22-16(2)3)18-14-12-17(4)13-15-18/h8,10-15H,2,5-7,9H2,1,3-4H3. The lowest BCUT2D eigenvalue weighted by Gasteiger charge is -2.16. The Hall–Kier alpha value is -2.02. The van der Waals surface area contributed by atoms with E-state index in [1.807, 2.05) is 6.92 Å². The third-order valence-corrected chi connectivity index (χ3v) is 3.79. The van der Waals surface area contributed by atoms with Gasteiger partial charge in [-0.25, -0.2) is 0 Å². The highest BCUT2D eigenvalue weighted by Crippen LogP contribution is 2.35. The summed E-state index contributed by atoms with van der Waals surface area (Å²) in [6.45, 7) is 10.2. The van der Waals surface area contributed by atoms with Crippen molar-refractivity contribution >= 4 is 0 Å². The van der Waals surface area contributed by atoms with Gasteiger partial charge in [0, 0.05) is 5.56 Å². The van der Waals surface area contributed by atoms with Crippen molar-refractivity contribution in [2.75, 3.05) is 0 Å². The van der Waals surface area contributed by atoms with Gasteiger partial charge in [0.05, 0.1) is 5.76 Å². The summed E-state index contributed by atoms with van der Waals surface area (Å²) in [7, 11) is 0. The Morgan fingerprint density at radius 2 is 1.77 bits per heavy atom. The van der Waals surface area contributed by atoms with Gasteiger partial charge in [-0.3, -0.25) is 0 Å². The number of ether oxygens (including phenoxy) is 1. The van der Waals surface area contributed by atoms with E-state index in [9.17, 15) is 0 Å². The van der Waals surface area contributed by atoms with E-state index in [0.29, 0.717) is 0 Å². The molecular weight excluding hydrogens is 268 g/mol. The van der Waals surface area contributed by atoms with Crippen LogP contribution in [-0.4, -0.2) is 0 Å². The lowest BCUT2D eigenvalue weighted by Crippen LogP contribution is -1.98. The fourth-order valence-electron chi connectivity index (χ4n) is 2.60. The van der Waals surface area contributed by atoms with Gasteiger partial charge in [0.15, 0.2) is 0 Å². The number of para-hydroxylation sites is 1. The summed E-state index contributed by atoms with van der Waals surface area (Å²) in [6.07, 6.45) is 4.73. The summed E-state index contributed by atoms with van der Waals surface area (Å²) in [5.41, 5.74) is 4.89. The molecule has 0 radical (unpaired) electrons. The molecule has 0 atom stereocenters. The lowest BCUT2D eigenvalue weighted by atomic mass is 9.97. The first kappa shape index (κ1) is 16.4. The zero-order valence-corrected chi connectivity index (χ0v) is 14.0. The maximum absolute atomic E-state index is 6.00. The maximum Gasteiger partial charge on any atom is 0.137 e. The Balaban J connectivity index is 2.40. The van der Waals surface area contributed by atoms with Gasteiger partial charge in [-0.2, -0.15) is 0 Å². The molecule has 0 aliphatic rings. The molecule has 0 heterocycles. The molecule has 0 aromatic heterocycles. The number of rotatable bonds is 7. The highest BCUT2D eigenvalue weighted by Gasteiger charge is 2.12. The van der Waals surface area contributed by atoms with Crippen LogP contribution in [0.5, 0.6) is 5.75 Å². The predicted octanol–water partition coefficient (Wildman–Crippen LogP) is 6.31. The van der Waals surface area contributed by atoms with Crippen molar-refractivity contribution in [3.8, 4) is 16.9 Å². The van der Waals surface area contributed by atoms with E-state index in [-0.39, 0.29) is 0 Å². The van der Waals surface area contributed by atoms with Gasteiger partial charge >= 0.3 is 0 Å². The van der Waals surface area contributed by atoms with Gasteiger partial charge in [-0.15, -0.1) is 0 Å². The number of hydrogen-bond donors (Lipinski definition) is 0. The quantitative estimate of drug-likeness (QED) is 0.429. The average molecular weight is 294 g/mol. The Labute approximate surface area is 134 Å². The fourth-order valence-corrected chi connectivity index (χ4v) is 2.60. The number of hydrogen-bond acceptors (Lipinski definition) is 1. The first-order valence-corrected chi connectivity index (χ1v) is 8.14. The third-order valence-electron chi connectivity index (χ3n) is 3.79. The van der Waals surface area contributed by atoms with Crippen molar-refractivity contribution in [2.24, 2.45) is 0 Å². The molecule has 0 bridgehead atoms. The molecule has 0 spiro atoms. The highest BCUT2D eigenvalue weighted by molar-refractivity contribution is 5.72. The number of aryl methyl sites for hydroxylation is 2. The van der Waals surface area contributed by atoms with Gasteiger partial charge in [0.2, 0.25) is 0 Å². The van der Waals surface area contributed by atoms with E-state index in [1.165, 1.54) is 36.0 Å². The second kappa shape index (κ2) is 7.84. The monoisotopic (exact) mass is 294 g/mol. The zero-order valence-electron chi connectivity index (χ0n) is 14.0. The van der Waals surface area contributed by atoms with E-state index in [2.05, 4.69) is 62.9 Å². The smallest absolute Gasteiger partial charge is 0.137 e. The first-order valence-electron chi connectivity index (χ1n) is 8.14. The Morgan fingerprint density at radius 3 is 2.41 bits per heavy atom. The SMILES string of the molecule is C=C(C)Oc1c(CCCCC)cccc1-c1ccc(C)cc1. The van der Waals surface area contributed by atoms with Gasteiger partial charge in [-0.05, 0) is 37.8 Å². The maximum atomic E-state index is 6.00. The molecular formula is C21H26O. The van der Waals surface area contributed by atoms with Crippen LogP contribution in [0.3, 0.4) is 0 Å². The first-order chi connectivity index (χ1) is 10.6. The van der Waals surface area contributed by atoms with E-state index in [1.54, 1.807) is 0 Å². The minimum absolute atomic E-state index is 0.733. The summed E-state index contributed by atoms with van der Waals surface area (Å²) >= 11 is 0. The Bertz CT molecular complexity index is 623. The van der Waals surface area contributed by atoms with E-state index >= 15 is 0 Å². The zero-order chi connectivity index (χ0) is 15.9. The molecule has 0 amide bonds. The van der Waals surface area contributed by atoms with Gasteiger partial charge in [0.25, 0.3) is 0 Å². The number of allylic oxidation sites excluding steroid dienone is 1.